The van der Waals surface area contributed by atoms with Crippen molar-refractivity contribution in [1.29, 1.82) is 0 Å². The van der Waals surface area contributed by atoms with Crippen LogP contribution in [-0.4, -0.2) is 51.3 Å². The second kappa shape index (κ2) is 5.98. The van der Waals surface area contributed by atoms with Crippen LogP contribution in [0.15, 0.2) is 0 Å². The van der Waals surface area contributed by atoms with E-state index in [1.165, 1.54) is 0 Å². The van der Waals surface area contributed by atoms with Crippen LogP contribution in [-0.2, 0) is 0 Å². The molecule has 0 aliphatic carbocycles. The molecule has 0 amide bonds. The topological polar surface area (TPSA) is 23.5 Å². The summed E-state index contributed by atoms with van der Waals surface area (Å²) in [7, 11) is 0. The van der Waals surface area contributed by atoms with Crippen molar-refractivity contribution in [2.45, 2.75) is 38.1 Å². The molecule has 0 aliphatic heterocycles. The molecular weight excluding hydrogens is 217 g/mol. The molecule has 1 N–H and O–H groups in total. The minimum atomic E-state index is -0.497. The molecule has 0 aromatic carbocycles. The molecule has 0 bridgehead atoms. The summed E-state index contributed by atoms with van der Waals surface area (Å²) in [6, 6.07) is 0. The summed E-state index contributed by atoms with van der Waals surface area (Å²) in [5, 5.41) is 10.5. The third kappa shape index (κ3) is 5.15. The van der Waals surface area contributed by atoms with Gasteiger partial charge in [0.1, 0.15) is 0 Å². The average Bonchev–Trinajstić information content (AvgIpc) is 2.06. The first-order chi connectivity index (χ1) is 5.55. The molecule has 0 rings (SSSR count). The summed E-state index contributed by atoms with van der Waals surface area (Å²) in [6.45, 7) is 9.35. The summed E-state index contributed by atoms with van der Waals surface area (Å²) in [6.07, 6.45) is 0.865. The van der Waals surface area contributed by atoms with Crippen molar-refractivity contribution in [2.75, 3.05) is 19.6 Å². The molecule has 0 aromatic heterocycles. The van der Waals surface area contributed by atoms with E-state index in [-0.39, 0.29) is 0 Å². The van der Waals surface area contributed by atoms with E-state index >= 15 is 0 Å². The zero-order valence-electron chi connectivity index (χ0n) is 8.38. The Bertz CT molecular complexity index is 113. The molecule has 12 heavy (non-hydrogen) atoms. The van der Waals surface area contributed by atoms with Crippen LogP contribution >= 0.6 is 0 Å². The van der Waals surface area contributed by atoms with Gasteiger partial charge < -0.3 is 0 Å². The summed E-state index contributed by atoms with van der Waals surface area (Å²) < 4.78 is 0. The molecule has 0 saturated carbocycles. The fraction of sp³-hybridized carbons (Fsp3) is 1.00. The summed E-state index contributed by atoms with van der Waals surface area (Å²) in [5.74, 6) is 0. The second-order valence-corrected chi connectivity index (χ2v) is 4.10. The molecule has 0 aromatic rings. The average molecular weight is 238 g/mol. The standard InChI is InChI=1S/C9H21NOSe/c1-4-10(5-2)7-6-9(3,11)8-12/h11-12H,4-8H2,1-3H3. The Morgan fingerprint density at radius 2 is 1.83 bits per heavy atom. The Balaban J connectivity index is 3.65. The zero-order chi connectivity index (χ0) is 9.61. The van der Waals surface area contributed by atoms with Gasteiger partial charge in [-0.15, -0.1) is 0 Å². The molecule has 2 nitrogen and oxygen atoms in total. The predicted molar refractivity (Wildman–Crippen MR) is 55.0 cm³/mol. The zero-order valence-corrected chi connectivity index (χ0v) is 10.3. The van der Waals surface area contributed by atoms with Gasteiger partial charge in [-0.25, -0.2) is 0 Å². The molecular formula is C9H21NOSe. The van der Waals surface area contributed by atoms with E-state index in [0.29, 0.717) is 0 Å². The van der Waals surface area contributed by atoms with Gasteiger partial charge in [0.2, 0.25) is 0 Å². The first-order valence-corrected chi connectivity index (χ1v) is 5.94. The van der Waals surface area contributed by atoms with E-state index in [1.807, 2.05) is 6.92 Å². The molecule has 0 aliphatic rings. The van der Waals surface area contributed by atoms with Gasteiger partial charge in [-0.1, -0.05) is 0 Å². The van der Waals surface area contributed by atoms with E-state index in [4.69, 9.17) is 0 Å². The van der Waals surface area contributed by atoms with Crippen molar-refractivity contribution in [1.82, 2.24) is 4.90 Å². The normalized spacial score (nSPS) is 16.5. The van der Waals surface area contributed by atoms with Crippen LogP contribution in [0.1, 0.15) is 27.2 Å². The van der Waals surface area contributed by atoms with E-state index < -0.39 is 5.60 Å². The molecule has 0 heterocycles. The van der Waals surface area contributed by atoms with Crippen LogP contribution in [0.25, 0.3) is 0 Å². The number of hydrogen-bond donors (Lipinski definition) is 1. The van der Waals surface area contributed by atoms with Gasteiger partial charge in [0.25, 0.3) is 0 Å². The van der Waals surface area contributed by atoms with Crippen LogP contribution < -0.4 is 0 Å². The predicted octanol–water partition coefficient (Wildman–Crippen LogP) is 0.788. The molecule has 0 spiro atoms. The summed E-state index contributed by atoms with van der Waals surface area (Å²) in [5.41, 5.74) is -0.497. The summed E-state index contributed by atoms with van der Waals surface area (Å²) in [4.78, 5) is 2.33. The van der Waals surface area contributed by atoms with Crippen molar-refractivity contribution in [3.63, 3.8) is 0 Å². The SMILES string of the molecule is CCN(CC)CCC(C)(O)C[SeH]. The molecule has 1 unspecified atom stereocenters. The molecule has 0 saturated heterocycles. The van der Waals surface area contributed by atoms with E-state index in [1.54, 1.807) is 0 Å². The Hall–Kier alpha value is 0.439. The molecule has 0 radical (unpaired) electrons. The van der Waals surface area contributed by atoms with Crippen molar-refractivity contribution in [3.05, 3.63) is 0 Å². The molecule has 74 valence electrons. The minimum absolute atomic E-state index is 0.497. The van der Waals surface area contributed by atoms with E-state index in [2.05, 4.69) is 34.8 Å². The van der Waals surface area contributed by atoms with Gasteiger partial charge in [0.05, 0.1) is 0 Å². The number of nitrogens with zero attached hydrogens (tertiary/aromatic N) is 1. The van der Waals surface area contributed by atoms with E-state index in [0.717, 1.165) is 31.4 Å². The van der Waals surface area contributed by atoms with Crippen LogP contribution in [0.4, 0.5) is 0 Å². The van der Waals surface area contributed by atoms with Gasteiger partial charge in [0, 0.05) is 0 Å². The van der Waals surface area contributed by atoms with Gasteiger partial charge in [-0.2, -0.15) is 0 Å². The molecule has 0 fully saturated rings. The van der Waals surface area contributed by atoms with Crippen LogP contribution in [0.2, 0.25) is 5.32 Å². The van der Waals surface area contributed by atoms with Crippen molar-refractivity contribution < 1.29 is 5.11 Å². The number of hydrogen-bond acceptors (Lipinski definition) is 2. The Morgan fingerprint density at radius 1 is 1.33 bits per heavy atom. The Labute approximate surface area is 84.1 Å². The van der Waals surface area contributed by atoms with Gasteiger partial charge in [-0.3, -0.25) is 0 Å². The third-order valence-corrected chi connectivity index (χ3v) is 3.63. The first-order valence-electron chi connectivity index (χ1n) is 4.61. The van der Waals surface area contributed by atoms with Gasteiger partial charge >= 0.3 is 83.8 Å². The van der Waals surface area contributed by atoms with Crippen molar-refractivity contribution >= 4 is 16.0 Å². The first kappa shape index (κ1) is 12.4. The van der Waals surface area contributed by atoms with Crippen molar-refractivity contribution in [2.24, 2.45) is 0 Å². The molecule has 1 atom stereocenters. The van der Waals surface area contributed by atoms with Crippen LogP contribution in [0.5, 0.6) is 0 Å². The third-order valence-electron chi connectivity index (χ3n) is 2.20. The maximum absolute atomic E-state index is 9.72. The monoisotopic (exact) mass is 239 g/mol. The fourth-order valence-corrected chi connectivity index (χ4v) is 1.35. The number of rotatable bonds is 6. The van der Waals surface area contributed by atoms with Crippen LogP contribution in [0, 0.1) is 0 Å². The van der Waals surface area contributed by atoms with Crippen molar-refractivity contribution in [3.8, 4) is 0 Å². The van der Waals surface area contributed by atoms with E-state index in [9.17, 15) is 5.11 Å². The van der Waals surface area contributed by atoms with Gasteiger partial charge in [0.15, 0.2) is 0 Å². The molecule has 3 heteroatoms. The number of aliphatic hydroxyl groups is 1. The Kier molecular flexibility index (Phi) is 6.20. The fourth-order valence-electron chi connectivity index (χ4n) is 1.02. The van der Waals surface area contributed by atoms with Gasteiger partial charge in [-0.05, 0) is 0 Å². The quantitative estimate of drug-likeness (QED) is 0.691. The maximum atomic E-state index is 9.72. The second-order valence-electron chi connectivity index (χ2n) is 3.43. The summed E-state index contributed by atoms with van der Waals surface area (Å²) >= 11 is 2.45. The Morgan fingerprint density at radius 3 is 2.17 bits per heavy atom. The van der Waals surface area contributed by atoms with Crippen LogP contribution in [0.3, 0.4) is 0 Å².